The van der Waals surface area contributed by atoms with E-state index in [4.69, 9.17) is 11.5 Å². The Balaban J connectivity index is 2.03. The maximum absolute atomic E-state index is 5.31. The third-order valence-electron chi connectivity index (χ3n) is 1.32. The van der Waals surface area contributed by atoms with Gasteiger partial charge in [-0.25, -0.2) is 0 Å². The lowest BCUT2D eigenvalue weighted by molar-refractivity contribution is -0.0255. The maximum atomic E-state index is 5.31. The molecule has 1 aliphatic rings. The molecule has 1 fully saturated rings. The molecule has 1 heterocycles. The average Bonchev–Trinajstić information content (AvgIpc) is 1.65. The van der Waals surface area contributed by atoms with Crippen molar-refractivity contribution < 1.29 is 0 Å². The highest BCUT2D eigenvalue weighted by atomic mass is 15.5. The summed E-state index contributed by atoms with van der Waals surface area (Å²) >= 11 is 0. The SMILES string of the molecule is NCN1CN(CN)C1. The number of hydrogen-bond donors (Lipinski definition) is 2. The highest BCUT2D eigenvalue weighted by molar-refractivity contribution is 4.64. The molecule has 8 heavy (non-hydrogen) atoms. The summed E-state index contributed by atoms with van der Waals surface area (Å²) in [7, 11) is 0. The van der Waals surface area contributed by atoms with Gasteiger partial charge in [-0.05, 0) is 0 Å². The minimum Gasteiger partial charge on any atom is -0.318 e. The number of nitrogens with zero attached hydrogens (tertiary/aromatic N) is 2. The molecule has 0 aliphatic carbocycles. The highest BCUT2D eigenvalue weighted by Crippen LogP contribution is 2.02. The van der Waals surface area contributed by atoms with Crippen molar-refractivity contribution >= 4 is 0 Å². The summed E-state index contributed by atoms with van der Waals surface area (Å²) in [6.07, 6.45) is 0. The van der Waals surface area contributed by atoms with Crippen LogP contribution in [-0.2, 0) is 0 Å². The van der Waals surface area contributed by atoms with Crippen molar-refractivity contribution in [3.05, 3.63) is 0 Å². The molecule has 1 saturated heterocycles. The van der Waals surface area contributed by atoms with Crippen LogP contribution in [0.4, 0.5) is 0 Å². The van der Waals surface area contributed by atoms with Crippen molar-refractivity contribution in [3.63, 3.8) is 0 Å². The Labute approximate surface area is 49.0 Å². The number of hydrogen-bond acceptors (Lipinski definition) is 4. The molecule has 0 amide bonds. The van der Waals surface area contributed by atoms with E-state index in [1.54, 1.807) is 0 Å². The van der Waals surface area contributed by atoms with Gasteiger partial charge in [-0.3, -0.25) is 9.80 Å². The van der Waals surface area contributed by atoms with E-state index in [2.05, 4.69) is 9.80 Å². The first-order valence-corrected chi connectivity index (χ1v) is 2.71. The van der Waals surface area contributed by atoms with Crippen LogP contribution in [0, 0.1) is 0 Å². The fourth-order valence-electron chi connectivity index (χ4n) is 0.755. The second-order valence-electron chi connectivity index (χ2n) is 1.99. The standard InChI is InChI=1S/C4H12N4/c5-1-7-3-8(2-6)4-7/h1-6H2. The molecule has 0 aromatic rings. The van der Waals surface area contributed by atoms with Gasteiger partial charge >= 0.3 is 0 Å². The number of rotatable bonds is 2. The Kier molecular flexibility index (Phi) is 1.80. The summed E-state index contributed by atoms with van der Waals surface area (Å²) in [4.78, 5) is 4.21. The Morgan fingerprint density at radius 1 is 1.00 bits per heavy atom. The van der Waals surface area contributed by atoms with Gasteiger partial charge in [0.2, 0.25) is 0 Å². The maximum Gasteiger partial charge on any atom is 0.0554 e. The fourth-order valence-corrected chi connectivity index (χ4v) is 0.755. The molecule has 4 nitrogen and oxygen atoms in total. The van der Waals surface area contributed by atoms with Gasteiger partial charge < -0.3 is 11.5 Å². The molecule has 0 spiro atoms. The Hall–Kier alpha value is -0.160. The van der Waals surface area contributed by atoms with E-state index < -0.39 is 0 Å². The smallest absolute Gasteiger partial charge is 0.0554 e. The fraction of sp³-hybridized carbons (Fsp3) is 1.00. The first-order valence-electron chi connectivity index (χ1n) is 2.71. The number of nitrogens with two attached hydrogens (primary N) is 2. The van der Waals surface area contributed by atoms with Crippen LogP contribution >= 0.6 is 0 Å². The molecule has 0 atom stereocenters. The van der Waals surface area contributed by atoms with Crippen LogP contribution in [-0.4, -0.2) is 36.5 Å². The second kappa shape index (κ2) is 2.41. The van der Waals surface area contributed by atoms with Gasteiger partial charge in [-0.1, -0.05) is 0 Å². The molecular weight excluding hydrogens is 104 g/mol. The van der Waals surface area contributed by atoms with Gasteiger partial charge in [0, 0.05) is 13.3 Å². The van der Waals surface area contributed by atoms with Gasteiger partial charge in [0.25, 0.3) is 0 Å². The molecule has 0 aromatic heterocycles. The van der Waals surface area contributed by atoms with Crippen LogP contribution < -0.4 is 11.5 Å². The minimum atomic E-state index is 0.649. The van der Waals surface area contributed by atoms with E-state index in [-0.39, 0.29) is 0 Å². The molecule has 0 radical (unpaired) electrons. The van der Waals surface area contributed by atoms with Crippen LogP contribution in [0.2, 0.25) is 0 Å². The summed E-state index contributed by atoms with van der Waals surface area (Å²) in [6.45, 7) is 3.17. The van der Waals surface area contributed by atoms with Crippen LogP contribution in [0.3, 0.4) is 0 Å². The molecule has 4 N–H and O–H groups in total. The zero-order valence-electron chi connectivity index (χ0n) is 4.88. The van der Waals surface area contributed by atoms with Gasteiger partial charge in [-0.15, -0.1) is 0 Å². The molecule has 0 bridgehead atoms. The first-order chi connectivity index (χ1) is 3.86. The van der Waals surface area contributed by atoms with Crippen molar-refractivity contribution in [2.24, 2.45) is 11.5 Å². The van der Waals surface area contributed by atoms with Gasteiger partial charge in [0.05, 0.1) is 13.3 Å². The van der Waals surface area contributed by atoms with Crippen molar-refractivity contribution in [1.82, 2.24) is 9.80 Å². The zero-order valence-corrected chi connectivity index (χ0v) is 4.88. The van der Waals surface area contributed by atoms with Gasteiger partial charge in [0.15, 0.2) is 0 Å². The van der Waals surface area contributed by atoms with Crippen LogP contribution in [0.25, 0.3) is 0 Å². The average molecular weight is 116 g/mol. The van der Waals surface area contributed by atoms with E-state index in [0.717, 1.165) is 13.3 Å². The van der Waals surface area contributed by atoms with Crippen molar-refractivity contribution in [2.45, 2.75) is 0 Å². The third-order valence-corrected chi connectivity index (χ3v) is 1.32. The molecule has 0 saturated carbocycles. The molecule has 0 unspecified atom stereocenters. The third kappa shape index (κ3) is 0.976. The predicted molar refractivity (Wildman–Crippen MR) is 31.5 cm³/mol. The van der Waals surface area contributed by atoms with Crippen LogP contribution in [0.15, 0.2) is 0 Å². The summed E-state index contributed by atoms with van der Waals surface area (Å²) in [6, 6.07) is 0. The summed E-state index contributed by atoms with van der Waals surface area (Å²) in [5.41, 5.74) is 10.6. The van der Waals surface area contributed by atoms with E-state index in [1.165, 1.54) is 0 Å². The monoisotopic (exact) mass is 116 g/mol. The Morgan fingerprint density at radius 3 is 1.62 bits per heavy atom. The van der Waals surface area contributed by atoms with Crippen LogP contribution in [0.1, 0.15) is 0 Å². The van der Waals surface area contributed by atoms with Crippen LogP contribution in [0.5, 0.6) is 0 Å². The Morgan fingerprint density at radius 2 is 1.38 bits per heavy atom. The van der Waals surface area contributed by atoms with Gasteiger partial charge in [-0.2, -0.15) is 0 Å². The molecule has 0 aromatic carbocycles. The summed E-state index contributed by atoms with van der Waals surface area (Å²) in [5, 5.41) is 0. The van der Waals surface area contributed by atoms with Crippen molar-refractivity contribution in [1.29, 1.82) is 0 Å². The summed E-state index contributed by atoms with van der Waals surface area (Å²) in [5.74, 6) is 0. The molecule has 1 rings (SSSR count). The van der Waals surface area contributed by atoms with Crippen molar-refractivity contribution in [3.8, 4) is 0 Å². The quantitative estimate of drug-likeness (QED) is 0.454. The minimum absolute atomic E-state index is 0.649. The van der Waals surface area contributed by atoms with Crippen molar-refractivity contribution in [2.75, 3.05) is 26.7 Å². The zero-order chi connectivity index (χ0) is 5.98. The normalized spacial score (nSPS) is 23.2. The van der Waals surface area contributed by atoms with Gasteiger partial charge in [0.1, 0.15) is 0 Å². The Bertz CT molecular complexity index is 60.4. The lowest BCUT2D eigenvalue weighted by atomic mass is 10.5. The first kappa shape index (κ1) is 5.97. The summed E-state index contributed by atoms with van der Waals surface area (Å²) < 4.78 is 0. The topological polar surface area (TPSA) is 58.5 Å². The van der Waals surface area contributed by atoms with E-state index >= 15 is 0 Å². The lowest BCUT2D eigenvalue weighted by Gasteiger charge is -2.40. The molecule has 48 valence electrons. The predicted octanol–water partition coefficient (Wildman–Crippen LogP) is -1.65. The lowest BCUT2D eigenvalue weighted by Crippen LogP contribution is -2.58. The second-order valence-corrected chi connectivity index (χ2v) is 1.99. The largest absolute Gasteiger partial charge is 0.318 e. The molecular formula is C4H12N4. The molecule has 1 aliphatic heterocycles. The molecule has 4 heteroatoms. The van der Waals surface area contributed by atoms with E-state index in [1.807, 2.05) is 0 Å². The highest BCUT2D eigenvalue weighted by Gasteiger charge is 2.19. The van der Waals surface area contributed by atoms with E-state index in [0.29, 0.717) is 13.3 Å². The van der Waals surface area contributed by atoms with E-state index in [9.17, 15) is 0 Å².